The molecule has 0 amide bonds. The van der Waals surface area contributed by atoms with Gasteiger partial charge in [0.15, 0.2) is 0 Å². The van der Waals surface area contributed by atoms with Gasteiger partial charge in [0.2, 0.25) is 23.6 Å². The molecule has 12 aromatic rings. The standard InChI is InChI=1S/C56H34N4O2/c1-3-15-39-31-41(25-23-35(39)11-1)53-57-59-55(61-53)43-27-29-49(51(33-43)47-21-9-17-37-13-5-7-19-45(37)47)50-30-28-44(34-52(50)48-22-10-18-38-14-6-8-20-46(38)48)56-60-58-54(62-56)42-26-24-36-12-2-4-16-40(36)32-42/h1-34H. The van der Waals surface area contributed by atoms with Crippen molar-refractivity contribution in [3.8, 4) is 79.2 Å². The van der Waals surface area contributed by atoms with Crippen LogP contribution in [0.25, 0.3) is 122 Å². The Hall–Kier alpha value is -8.48. The van der Waals surface area contributed by atoms with Crippen molar-refractivity contribution >= 4 is 43.1 Å². The highest BCUT2D eigenvalue weighted by atomic mass is 16.4. The van der Waals surface area contributed by atoms with Crippen LogP contribution >= 0.6 is 0 Å². The third-order valence-electron chi connectivity index (χ3n) is 11.8. The highest BCUT2D eigenvalue weighted by Gasteiger charge is 2.21. The summed E-state index contributed by atoms with van der Waals surface area (Å²) in [7, 11) is 0. The molecule has 0 saturated heterocycles. The summed E-state index contributed by atoms with van der Waals surface area (Å²) < 4.78 is 12.9. The number of hydrogen-bond acceptors (Lipinski definition) is 6. The minimum absolute atomic E-state index is 0.449. The molecule has 0 radical (unpaired) electrons. The molecule has 6 nitrogen and oxygen atoms in total. The Kier molecular flexibility index (Phi) is 8.38. The SMILES string of the molecule is c1ccc2cc(-c3nnc(-c4ccc(-c5ccc(-c6nnc(-c7ccc8ccccc8c7)o6)cc5-c5cccc6ccccc56)c(-c5cccc6ccccc56)c4)o3)ccc2c1. The van der Waals surface area contributed by atoms with Gasteiger partial charge in [-0.3, -0.25) is 0 Å². The molecule has 0 aliphatic carbocycles. The summed E-state index contributed by atoms with van der Waals surface area (Å²) in [6, 6.07) is 71.8. The second kappa shape index (κ2) is 14.7. The van der Waals surface area contributed by atoms with Gasteiger partial charge in [-0.1, -0.05) is 158 Å². The van der Waals surface area contributed by atoms with Crippen molar-refractivity contribution in [2.75, 3.05) is 0 Å². The van der Waals surface area contributed by atoms with Crippen molar-refractivity contribution < 1.29 is 8.83 Å². The van der Waals surface area contributed by atoms with Crippen molar-refractivity contribution in [2.45, 2.75) is 0 Å². The molecule has 0 spiro atoms. The Morgan fingerprint density at radius 1 is 0.226 bits per heavy atom. The highest BCUT2D eigenvalue weighted by Crippen LogP contribution is 2.45. The van der Waals surface area contributed by atoms with Gasteiger partial charge in [0, 0.05) is 22.3 Å². The molecule has 2 heterocycles. The molecule has 0 fully saturated rings. The first-order valence-corrected chi connectivity index (χ1v) is 20.6. The second-order valence-electron chi connectivity index (χ2n) is 15.5. The van der Waals surface area contributed by atoms with Crippen molar-refractivity contribution in [1.29, 1.82) is 0 Å². The normalized spacial score (nSPS) is 11.5. The summed E-state index contributed by atoms with van der Waals surface area (Å²) in [5.74, 6) is 1.84. The van der Waals surface area contributed by atoms with E-state index in [0.717, 1.165) is 98.7 Å². The first kappa shape index (κ1) is 35.5. The van der Waals surface area contributed by atoms with Gasteiger partial charge in [-0.2, -0.15) is 0 Å². The minimum atomic E-state index is 0.449. The Morgan fingerprint density at radius 2 is 0.565 bits per heavy atom. The van der Waals surface area contributed by atoms with Gasteiger partial charge in [-0.25, -0.2) is 0 Å². The lowest BCUT2D eigenvalue weighted by molar-refractivity contribution is 0.584. The number of nitrogens with zero attached hydrogens (tertiary/aromatic N) is 4. The second-order valence-corrected chi connectivity index (χ2v) is 15.5. The molecule has 6 heteroatoms. The molecule has 0 saturated carbocycles. The van der Waals surface area contributed by atoms with Crippen molar-refractivity contribution in [3.63, 3.8) is 0 Å². The zero-order chi connectivity index (χ0) is 41.0. The van der Waals surface area contributed by atoms with Crippen molar-refractivity contribution in [1.82, 2.24) is 20.4 Å². The third-order valence-corrected chi connectivity index (χ3v) is 11.8. The largest absolute Gasteiger partial charge is 0.416 e. The predicted molar refractivity (Wildman–Crippen MR) is 250 cm³/mol. The molecule has 0 atom stereocenters. The molecule has 0 unspecified atom stereocenters. The van der Waals surface area contributed by atoms with Crippen LogP contribution < -0.4 is 0 Å². The lowest BCUT2D eigenvalue weighted by Crippen LogP contribution is -1.93. The van der Waals surface area contributed by atoms with E-state index < -0.39 is 0 Å². The quantitative estimate of drug-likeness (QED) is 0.160. The zero-order valence-electron chi connectivity index (χ0n) is 33.2. The molecule has 0 N–H and O–H groups in total. The fourth-order valence-electron chi connectivity index (χ4n) is 8.75. The van der Waals surface area contributed by atoms with Crippen LogP contribution in [0.5, 0.6) is 0 Å². The number of fused-ring (bicyclic) bond motifs is 4. The summed E-state index contributed by atoms with van der Waals surface area (Å²) in [5.41, 5.74) is 9.77. The molecule has 290 valence electrons. The molecule has 62 heavy (non-hydrogen) atoms. The fraction of sp³-hybridized carbons (Fsp3) is 0. The molecule has 0 bridgehead atoms. The number of hydrogen-bond donors (Lipinski definition) is 0. The molecule has 2 aromatic heterocycles. The van der Waals surface area contributed by atoms with Crippen molar-refractivity contribution in [3.05, 3.63) is 206 Å². The monoisotopic (exact) mass is 794 g/mol. The Bertz CT molecular complexity index is 3420. The van der Waals surface area contributed by atoms with Gasteiger partial charge in [0.25, 0.3) is 0 Å². The lowest BCUT2D eigenvalue weighted by Gasteiger charge is -2.18. The predicted octanol–water partition coefficient (Wildman–Crippen LogP) is 14.7. The molecular formula is C56H34N4O2. The van der Waals surface area contributed by atoms with Gasteiger partial charge in [-0.15, -0.1) is 20.4 Å². The number of benzene rings is 10. The smallest absolute Gasteiger partial charge is 0.248 e. The summed E-state index contributed by atoms with van der Waals surface area (Å²) in [5, 5.41) is 27.4. The topological polar surface area (TPSA) is 77.8 Å². The average Bonchev–Trinajstić information content (AvgIpc) is 4.05. The number of rotatable bonds is 7. The van der Waals surface area contributed by atoms with E-state index >= 15 is 0 Å². The summed E-state index contributed by atoms with van der Waals surface area (Å²) in [4.78, 5) is 0. The Balaban J connectivity index is 1.03. The third kappa shape index (κ3) is 6.21. The van der Waals surface area contributed by atoms with Crippen LogP contribution in [-0.4, -0.2) is 20.4 Å². The maximum atomic E-state index is 6.44. The van der Waals surface area contributed by atoms with Crippen molar-refractivity contribution in [2.24, 2.45) is 0 Å². The van der Waals surface area contributed by atoms with Gasteiger partial charge in [0.05, 0.1) is 0 Å². The van der Waals surface area contributed by atoms with E-state index in [1.54, 1.807) is 0 Å². The van der Waals surface area contributed by atoms with Crippen LogP contribution in [-0.2, 0) is 0 Å². The van der Waals surface area contributed by atoms with E-state index in [-0.39, 0.29) is 0 Å². The summed E-state index contributed by atoms with van der Waals surface area (Å²) in [6.45, 7) is 0. The maximum absolute atomic E-state index is 6.44. The van der Waals surface area contributed by atoms with Gasteiger partial charge >= 0.3 is 0 Å². The van der Waals surface area contributed by atoms with Gasteiger partial charge < -0.3 is 8.83 Å². The van der Waals surface area contributed by atoms with Gasteiger partial charge in [-0.05, 0) is 125 Å². The zero-order valence-corrected chi connectivity index (χ0v) is 33.2. The van der Waals surface area contributed by atoms with Crippen LogP contribution in [0.3, 0.4) is 0 Å². The summed E-state index contributed by atoms with van der Waals surface area (Å²) in [6.07, 6.45) is 0. The van der Waals surface area contributed by atoms with Crippen LogP contribution in [0.15, 0.2) is 215 Å². The van der Waals surface area contributed by atoms with Crippen LogP contribution in [0.1, 0.15) is 0 Å². The summed E-state index contributed by atoms with van der Waals surface area (Å²) >= 11 is 0. The molecular weight excluding hydrogens is 761 g/mol. The van der Waals surface area contributed by atoms with Gasteiger partial charge in [0.1, 0.15) is 0 Å². The van der Waals surface area contributed by atoms with E-state index in [1.165, 1.54) is 0 Å². The molecule has 10 aromatic carbocycles. The Morgan fingerprint density at radius 3 is 1.00 bits per heavy atom. The highest BCUT2D eigenvalue weighted by molar-refractivity contribution is 6.06. The molecule has 0 aliphatic rings. The maximum Gasteiger partial charge on any atom is 0.248 e. The van der Waals surface area contributed by atoms with Crippen LogP contribution in [0.4, 0.5) is 0 Å². The van der Waals surface area contributed by atoms with Crippen LogP contribution in [0.2, 0.25) is 0 Å². The average molecular weight is 795 g/mol. The van der Waals surface area contributed by atoms with E-state index in [1.807, 2.05) is 36.4 Å². The first-order chi connectivity index (χ1) is 30.7. The fourth-order valence-corrected chi connectivity index (χ4v) is 8.75. The number of aromatic nitrogens is 4. The van der Waals surface area contributed by atoms with E-state index in [2.05, 4.69) is 190 Å². The van der Waals surface area contributed by atoms with Crippen LogP contribution in [0, 0.1) is 0 Å². The molecule has 0 aliphatic heterocycles. The lowest BCUT2D eigenvalue weighted by atomic mass is 9.85. The van der Waals surface area contributed by atoms with E-state index in [4.69, 9.17) is 8.83 Å². The first-order valence-electron chi connectivity index (χ1n) is 20.6. The molecule has 12 rings (SSSR count). The van der Waals surface area contributed by atoms with E-state index in [0.29, 0.717) is 23.6 Å². The van der Waals surface area contributed by atoms with E-state index in [9.17, 15) is 0 Å². The Labute approximate surface area is 356 Å². The minimum Gasteiger partial charge on any atom is -0.416 e.